The largest absolute Gasteiger partial charge is 0.392 e. The summed E-state index contributed by atoms with van der Waals surface area (Å²) in [5, 5.41) is 8.98. The van der Waals surface area contributed by atoms with Gasteiger partial charge in [0.05, 0.1) is 13.2 Å². The van der Waals surface area contributed by atoms with Crippen LogP contribution in [0.5, 0.6) is 0 Å². The van der Waals surface area contributed by atoms with E-state index in [9.17, 15) is 17.2 Å². The molecule has 0 amide bonds. The van der Waals surface area contributed by atoms with Crippen LogP contribution in [0, 0.1) is 17.6 Å². The molecule has 0 bridgehead atoms. The highest BCUT2D eigenvalue weighted by Crippen LogP contribution is 2.22. The lowest BCUT2D eigenvalue weighted by molar-refractivity contribution is 0.180. The number of hydrogen-bond donors (Lipinski definition) is 2. The lowest BCUT2D eigenvalue weighted by atomic mass is 10.0. The Bertz CT molecular complexity index is 615. The number of benzene rings is 1. The Morgan fingerprint density at radius 1 is 1.48 bits per heavy atom. The van der Waals surface area contributed by atoms with Crippen LogP contribution in [0.1, 0.15) is 18.9 Å². The number of aliphatic hydroxyl groups is 1. The van der Waals surface area contributed by atoms with E-state index in [0.29, 0.717) is 19.6 Å². The molecule has 21 heavy (non-hydrogen) atoms. The third-order valence-corrected chi connectivity index (χ3v) is 5.10. The maximum absolute atomic E-state index is 13.7. The van der Waals surface area contributed by atoms with Crippen molar-refractivity contribution in [1.29, 1.82) is 0 Å². The second-order valence-electron chi connectivity index (χ2n) is 5.08. The summed E-state index contributed by atoms with van der Waals surface area (Å²) in [4.78, 5) is -0.794. The molecule has 1 heterocycles. The zero-order chi connectivity index (χ0) is 15.6. The average Bonchev–Trinajstić information content (AvgIpc) is 2.95. The predicted octanol–water partition coefficient (Wildman–Crippen LogP) is 1.16. The molecule has 118 valence electrons. The number of rotatable bonds is 5. The molecule has 1 aromatic rings. The molecule has 0 aliphatic carbocycles. The Kier molecular flexibility index (Phi) is 4.92. The normalized spacial score (nSPS) is 20.7. The summed E-state index contributed by atoms with van der Waals surface area (Å²) in [5.41, 5.74) is -0.00822. The van der Waals surface area contributed by atoms with Crippen LogP contribution in [0.15, 0.2) is 17.0 Å². The van der Waals surface area contributed by atoms with Crippen molar-refractivity contribution in [2.45, 2.75) is 30.9 Å². The van der Waals surface area contributed by atoms with E-state index >= 15 is 0 Å². The summed E-state index contributed by atoms with van der Waals surface area (Å²) < 4.78 is 59.1. The Labute approximate surface area is 122 Å². The monoisotopic (exact) mass is 321 g/mol. The van der Waals surface area contributed by atoms with Crippen LogP contribution in [0.3, 0.4) is 0 Å². The highest BCUT2D eigenvalue weighted by atomic mass is 32.2. The van der Waals surface area contributed by atoms with Crippen molar-refractivity contribution in [2.75, 3.05) is 13.2 Å². The zero-order valence-electron chi connectivity index (χ0n) is 11.5. The average molecular weight is 321 g/mol. The first-order chi connectivity index (χ1) is 9.85. The molecule has 2 N–H and O–H groups in total. The van der Waals surface area contributed by atoms with E-state index in [0.717, 1.165) is 12.1 Å². The van der Waals surface area contributed by atoms with Crippen molar-refractivity contribution >= 4 is 10.0 Å². The van der Waals surface area contributed by atoms with E-state index in [1.165, 1.54) is 0 Å². The topological polar surface area (TPSA) is 75.6 Å². The number of ether oxygens (including phenoxy) is 1. The minimum atomic E-state index is -4.21. The summed E-state index contributed by atoms with van der Waals surface area (Å²) in [6, 6.07) is 1.24. The van der Waals surface area contributed by atoms with Gasteiger partial charge in [0.25, 0.3) is 0 Å². The number of nitrogens with one attached hydrogen (secondary N) is 1. The Morgan fingerprint density at radius 3 is 2.76 bits per heavy atom. The minimum absolute atomic E-state index is 0.00583. The van der Waals surface area contributed by atoms with Gasteiger partial charge >= 0.3 is 0 Å². The van der Waals surface area contributed by atoms with Crippen LogP contribution in [0.4, 0.5) is 8.78 Å². The molecular formula is C13H17F2NO4S. The molecular weight excluding hydrogens is 304 g/mol. The molecule has 1 aliphatic heterocycles. The second kappa shape index (κ2) is 6.35. The van der Waals surface area contributed by atoms with Crippen molar-refractivity contribution in [3.8, 4) is 0 Å². The van der Waals surface area contributed by atoms with Crippen LogP contribution in [0.25, 0.3) is 0 Å². The summed E-state index contributed by atoms with van der Waals surface area (Å²) in [5.74, 6) is -2.76. The fourth-order valence-corrected chi connectivity index (χ4v) is 3.70. The van der Waals surface area contributed by atoms with Gasteiger partial charge in [0.1, 0.15) is 4.90 Å². The first-order valence-electron chi connectivity index (χ1n) is 6.54. The molecule has 0 saturated carbocycles. The summed E-state index contributed by atoms with van der Waals surface area (Å²) in [6.45, 7) is 2.06. The van der Waals surface area contributed by atoms with E-state index in [2.05, 4.69) is 4.72 Å². The lowest BCUT2D eigenvalue weighted by Gasteiger charge is -2.19. The zero-order valence-corrected chi connectivity index (χ0v) is 12.3. The molecule has 2 rings (SSSR count). The van der Waals surface area contributed by atoms with Gasteiger partial charge < -0.3 is 9.84 Å². The smallest absolute Gasteiger partial charge is 0.243 e. The van der Waals surface area contributed by atoms with E-state index < -0.39 is 39.2 Å². The molecule has 1 aromatic carbocycles. The quantitative estimate of drug-likeness (QED) is 0.853. The van der Waals surface area contributed by atoms with Crippen LogP contribution in [-0.2, 0) is 21.4 Å². The van der Waals surface area contributed by atoms with Crippen molar-refractivity contribution in [1.82, 2.24) is 4.72 Å². The molecule has 0 radical (unpaired) electrons. The molecule has 0 spiro atoms. The molecule has 2 unspecified atom stereocenters. The lowest BCUT2D eigenvalue weighted by Crippen LogP contribution is -2.38. The van der Waals surface area contributed by atoms with Crippen molar-refractivity contribution in [3.63, 3.8) is 0 Å². The van der Waals surface area contributed by atoms with Gasteiger partial charge in [-0.05, 0) is 31.0 Å². The second-order valence-corrected chi connectivity index (χ2v) is 6.76. The molecule has 0 aromatic heterocycles. The molecule has 5 nitrogen and oxygen atoms in total. The van der Waals surface area contributed by atoms with Gasteiger partial charge in [0.2, 0.25) is 10.0 Å². The highest BCUT2D eigenvalue weighted by Gasteiger charge is 2.29. The van der Waals surface area contributed by atoms with Crippen molar-refractivity contribution < 1.29 is 27.0 Å². The SMILES string of the molecule is CC(NS(=O)(=O)c1cc(CO)cc(F)c1F)C1CCOC1. The van der Waals surface area contributed by atoms with Crippen LogP contribution in [-0.4, -0.2) is 32.8 Å². The molecule has 8 heteroatoms. The van der Waals surface area contributed by atoms with Crippen LogP contribution >= 0.6 is 0 Å². The minimum Gasteiger partial charge on any atom is -0.392 e. The Morgan fingerprint density at radius 2 is 2.19 bits per heavy atom. The first-order valence-corrected chi connectivity index (χ1v) is 8.02. The predicted molar refractivity (Wildman–Crippen MR) is 71.0 cm³/mol. The van der Waals surface area contributed by atoms with Crippen LogP contribution in [0.2, 0.25) is 0 Å². The number of hydrogen-bond acceptors (Lipinski definition) is 4. The van der Waals surface area contributed by atoms with E-state index in [-0.39, 0.29) is 11.5 Å². The summed E-state index contributed by atoms with van der Waals surface area (Å²) in [7, 11) is -4.21. The van der Waals surface area contributed by atoms with Gasteiger partial charge in [0.15, 0.2) is 11.6 Å². The van der Waals surface area contributed by atoms with E-state index in [1.807, 2.05) is 0 Å². The van der Waals surface area contributed by atoms with E-state index in [4.69, 9.17) is 9.84 Å². The van der Waals surface area contributed by atoms with Crippen LogP contribution < -0.4 is 4.72 Å². The third kappa shape index (κ3) is 3.57. The van der Waals surface area contributed by atoms with E-state index in [1.54, 1.807) is 6.92 Å². The molecule has 1 fully saturated rings. The van der Waals surface area contributed by atoms with Gasteiger partial charge in [-0.25, -0.2) is 21.9 Å². The van der Waals surface area contributed by atoms with Gasteiger partial charge in [-0.1, -0.05) is 0 Å². The van der Waals surface area contributed by atoms with Gasteiger partial charge in [-0.3, -0.25) is 0 Å². The molecule has 1 aliphatic rings. The Hall–Kier alpha value is -1.09. The first kappa shape index (κ1) is 16.3. The maximum Gasteiger partial charge on any atom is 0.243 e. The number of sulfonamides is 1. The van der Waals surface area contributed by atoms with Gasteiger partial charge in [-0.2, -0.15) is 0 Å². The van der Waals surface area contributed by atoms with Crippen molar-refractivity contribution in [3.05, 3.63) is 29.3 Å². The summed E-state index contributed by atoms with van der Waals surface area (Å²) in [6.07, 6.45) is 0.706. The maximum atomic E-state index is 13.7. The van der Waals surface area contributed by atoms with Crippen molar-refractivity contribution in [2.24, 2.45) is 5.92 Å². The van der Waals surface area contributed by atoms with Gasteiger partial charge in [-0.15, -0.1) is 0 Å². The Balaban J connectivity index is 2.28. The van der Waals surface area contributed by atoms with Gasteiger partial charge in [0, 0.05) is 18.6 Å². The number of halogens is 2. The highest BCUT2D eigenvalue weighted by molar-refractivity contribution is 7.89. The third-order valence-electron chi connectivity index (χ3n) is 3.54. The standard InChI is InChI=1S/C13H17F2NO4S/c1-8(10-2-3-20-7-10)16-21(18,19)12-5-9(6-17)4-11(14)13(12)15/h4-5,8,10,16-17H,2-3,6-7H2,1H3. The fraction of sp³-hybridized carbons (Fsp3) is 0.538. The fourth-order valence-electron chi connectivity index (χ4n) is 2.26. The summed E-state index contributed by atoms with van der Waals surface area (Å²) >= 11 is 0. The molecule has 2 atom stereocenters. The molecule has 1 saturated heterocycles. The number of aliphatic hydroxyl groups excluding tert-OH is 1.